The number of aryl methyl sites for hydroxylation is 1. The SMILES string of the molecule is Cc1ccc(S(=O)(=O)N2CCC[C@H]2C(=O)OC(C)(C)C)c(O[C@H](C)COCCN(C(=O)OC(C)(C)C)C2CCC(F)(F)CC2)c1. The van der Waals surface area contributed by atoms with E-state index in [0.717, 1.165) is 5.56 Å². The predicted octanol–water partition coefficient (Wildman–Crippen LogP) is 6.09. The zero-order valence-corrected chi connectivity index (χ0v) is 28.7. The van der Waals surface area contributed by atoms with Crippen LogP contribution in [0, 0.1) is 6.92 Å². The number of esters is 1. The van der Waals surface area contributed by atoms with Crippen molar-refractivity contribution < 1.29 is 45.7 Å². The molecular weight excluding hydrogens is 610 g/mol. The highest BCUT2D eigenvalue weighted by molar-refractivity contribution is 7.89. The lowest BCUT2D eigenvalue weighted by Crippen LogP contribution is -2.47. The lowest BCUT2D eigenvalue weighted by Gasteiger charge is -2.37. The maximum absolute atomic E-state index is 13.8. The lowest BCUT2D eigenvalue weighted by atomic mass is 9.91. The van der Waals surface area contributed by atoms with Crippen molar-refractivity contribution in [2.75, 3.05) is 26.3 Å². The van der Waals surface area contributed by atoms with Gasteiger partial charge < -0.3 is 23.8 Å². The van der Waals surface area contributed by atoms with Crippen molar-refractivity contribution in [1.29, 1.82) is 0 Å². The first-order valence-electron chi connectivity index (χ1n) is 15.7. The maximum atomic E-state index is 13.8. The van der Waals surface area contributed by atoms with Gasteiger partial charge in [0.05, 0.1) is 13.2 Å². The number of carbonyl (C=O) groups excluding carboxylic acids is 2. The van der Waals surface area contributed by atoms with E-state index < -0.39 is 51.4 Å². The van der Waals surface area contributed by atoms with Crippen molar-refractivity contribution >= 4 is 22.1 Å². The van der Waals surface area contributed by atoms with E-state index in [1.54, 1.807) is 60.6 Å². The largest absolute Gasteiger partial charge is 0.487 e. The normalized spacial score (nSPS) is 20.4. The van der Waals surface area contributed by atoms with Gasteiger partial charge in [-0.05, 0) is 98.8 Å². The van der Waals surface area contributed by atoms with Crippen LogP contribution in [0.3, 0.4) is 0 Å². The third-order valence-corrected chi connectivity index (χ3v) is 9.43. The van der Waals surface area contributed by atoms with E-state index >= 15 is 0 Å². The van der Waals surface area contributed by atoms with Crippen LogP contribution in [0.15, 0.2) is 23.1 Å². The number of carbonyl (C=O) groups is 2. The molecule has 2 atom stereocenters. The van der Waals surface area contributed by atoms with E-state index in [1.165, 1.54) is 15.3 Å². The second-order valence-corrected chi connectivity index (χ2v) is 15.9. The zero-order valence-electron chi connectivity index (χ0n) is 27.9. The van der Waals surface area contributed by atoms with E-state index in [2.05, 4.69) is 0 Å². The predicted molar refractivity (Wildman–Crippen MR) is 165 cm³/mol. The Morgan fingerprint density at radius 2 is 1.67 bits per heavy atom. The zero-order chi connectivity index (χ0) is 33.8. The molecule has 0 unspecified atom stereocenters. The molecule has 1 amide bonds. The van der Waals surface area contributed by atoms with Gasteiger partial charge in [-0.1, -0.05) is 6.07 Å². The Morgan fingerprint density at radius 1 is 1.04 bits per heavy atom. The minimum absolute atomic E-state index is 0.0550. The van der Waals surface area contributed by atoms with Crippen molar-refractivity contribution in [3.05, 3.63) is 23.8 Å². The molecule has 1 aromatic carbocycles. The molecule has 10 nitrogen and oxygen atoms in total. The molecule has 0 N–H and O–H groups in total. The number of benzene rings is 1. The first-order chi connectivity index (χ1) is 20.7. The Balaban J connectivity index is 1.66. The highest BCUT2D eigenvalue weighted by Crippen LogP contribution is 2.36. The number of amides is 1. The molecule has 0 radical (unpaired) electrons. The Hall–Kier alpha value is -2.51. The molecule has 1 aliphatic heterocycles. The molecule has 13 heteroatoms. The third-order valence-electron chi connectivity index (χ3n) is 7.48. The number of halogens is 2. The van der Waals surface area contributed by atoms with Gasteiger partial charge >= 0.3 is 12.1 Å². The number of sulfonamides is 1. The van der Waals surface area contributed by atoms with Gasteiger partial charge in [0.1, 0.15) is 34.0 Å². The van der Waals surface area contributed by atoms with E-state index in [9.17, 15) is 26.8 Å². The number of rotatable bonds is 11. The van der Waals surface area contributed by atoms with Crippen LogP contribution in [0.1, 0.15) is 92.6 Å². The number of nitrogens with zero attached hydrogens (tertiary/aromatic N) is 2. The third kappa shape index (κ3) is 10.8. The van der Waals surface area contributed by atoms with E-state index in [4.69, 9.17) is 18.9 Å². The summed E-state index contributed by atoms with van der Waals surface area (Å²) in [5.41, 5.74) is -0.712. The lowest BCUT2D eigenvalue weighted by molar-refractivity contribution is -0.158. The summed E-state index contributed by atoms with van der Waals surface area (Å²) in [5, 5.41) is 0. The number of alkyl halides is 2. The van der Waals surface area contributed by atoms with Crippen LogP contribution in [0.5, 0.6) is 5.75 Å². The van der Waals surface area contributed by atoms with E-state index in [0.29, 0.717) is 12.8 Å². The van der Waals surface area contributed by atoms with Crippen molar-refractivity contribution in [3.63, 3.8) is 0 Å². The van der Waals surface area contributed by atoms with Crippen molar-refractivity contribution in [2.45, 2.75) is 134 Å². The monoisotopic (exact) mass is 660 g/mol. The molecule has 1 saturated heterocycles. The van der Waals surface area contributed by atoms with E-state index in [-0.39, 0.29) is 68.7 Å². The molecule has 45 heavy (non-hydrogen) atoms. The van der Waals surface area contributed by atoms with E-state index in [1.807, 2.05) is 6.92 Å². The van der Waals surface area contributed by atoms with Gasteiger partial charge in [0, 0.05) is 32.0 Å². The molecule has 3 rings (SSSR count). The summed E-state index contributed by atoms with van der Waals surface area (Å²) >= 11 is 0. The number of hydrogen-bond donors (Lipinski definition) is 0. The van der Waals surface area contributed by atoms with Crippen LogP contribution in [0.4, 0.5) is 13.6 Å². The van der Waals surface area contributed by atoms with Crippen LogP contribution in [-0.4, -0.2) is 91.3 Å². The van der Waals surface area contributed by atoms with Gasteiger partial charge in [-0.15, -0.1) is 0 Å². The summed E-state index contributed by atoms with van der Waals surface area (Å²) in [6, 6.07) is 3.47. The minimum Gasteiger partial charge on any atom is -0.487 e. The maximum Gasteiger partial charge on any atom is 0.410 e. The molecular formula is C32H50F2N2O8S. The second-order valence-electron chi connectivity index (χ2n) is 14.0. The van der Waals surface area contributed by atoms with Crippen molar-refractivity contribution in [2.24, 2.45) is 0 Å². The topological polar surface area (TPSA) is 112 Å². The summed E-state index contributed by atoms with van der Waals surface area (Å²) in [7, 11) is -4.11. The van der Waals surface area contributed by atoms with Crippen LogP contribution >= 0.6 is 0 Å². The highest BCUT2D eigenvalue weighted by atomic mass is 32.2. The molecule has 256 valence electrons. The van der Waals surface area contributed by atoms with Gasteiger partial charge in [0.25, 0.3) is 0 Å². The average molecular weight is 661 g/mol. The van der Waals surface area contributed by atoms with Gasteiger partial charge in [-0.2, -0.15) is 4.31 Å². The standard InChI is InChI=1S/C32H50F2N2O8S/c1-22-11-12-27(45(39,40)36-17-9-10-25(36)28(37)43-30(3,4)5)26(20-22)42-23(2)21-41-19-18-35(29(38)44-31(6,7)8)24-13-15-32(33,34)16-14-24/h11-12,20,23-25H,9-10,13-19,21H2,1-8H3/t23-,25+/m1/s1. The quantitative estimate of drug-likeness (QED) is 0.207. The van der Waals surface area contributed by atoms with Crippen LogP contribution in [0.25, 0.3) is 0 Å². The summed E-state index contributed by atoms with van der Waals surface area (Å²) in [5.74, 6) is -3.17. The summed E-state index contributed by atoms with van der Waals surface area (Å²) < 4.78 is 79.3. The molecule has 1 saturated carbocycles. The second kappa shape index (κ2) is 14.5. The number of ether oxygens (including phenoxy) is 4. The van der Waals surface area contributed by atoms with Crippen LogP contribution < -0.4 is 4.74 Å². The van der Waals surface area contributed by atoms with Crippen molar-refractivity contribution in [1.82, 2.24) is 9.21 Å². The van der Waals surface area contributed by atoms with Crippen LogP contribution in [-0.2, 0) is 29.0 Å². The Bertz CT molecular complexity index is 1280. The van der Waals surface area contributed by atoms with Gasteiger partial charge in [-0.3, -0.25) is 4.79 Å². The molecule has 0 aromatic heterocycles. The Labute approximate surface area is 266 Å². The first-order valence-corrected chi connectivity index (χ1v) is 17.1. The minimum atomic E-state index is -4.11. The fourth-order valence-electron chi connectivity index (χ4n) is 5.42. The molecule has 1 aromatic rings. The molecule has 0 spiro atoms. The first kappa shape index (κ1) is 37.0. The van der Waals surface area contributed by atoms with Crippen molar-refractivity contribution in [3.8, 4) is 5.75 Å². The van der Waals surface area contributed by atoms with Gasteiger partial charge in [0.15, 0.2) is 0 Å². The fourth-order valence-corrected chi connectivity index (χ4v) is 7.17. The Kier molecular flexibility index (Phi) is 11.9. The molecule has 1 aliphatic carbocycles. The Morgan fingerprint density at radius 3 is 2.27 bits per heavy atom. The summed E-state index contributed by atoms with van der Waals surface area (Å²) in [4.78, 5) is 27.2. The summed E-state index contributed by atoms with van der Waals surface area (Å²) in [6.07, 6.45) is -0.509. The molecule has 2 fully saturated rings. The molecule has 0 bridgehead atoms. The number of hydrogen-bond acceptors (Lipinski definition) is 8. The fraction of sp³-hybridized carbons (Fsp3) is 0.750. The van der Waals surface area contributed by atoms with Gasteiger partial charge in [-0.25, -0.2) is 22.0 Å². The average Bonchev–Trinajstić information content (AvgIpc) is 3.38. The van der Waals surface area contributed by atoms with Gasteiger partial charge in [0.2, 0.25) is 15.9 Å². The summed E-state index contributed by atoms with van der Waals surface area (Å²) in [6.45, 7) is 14.5. The smallest absolute Gasteiger partial charge is 0.410 e. The highest BCUT2D eigenvalue weighted by Gasteiger charge is 2.43. The van der Waals surface area contributed by atoms with Crippen LogP contribution in [0.2, 0.25) is 0 Å². The molecule has 1 heterocycles. The molecule has 2 aliphatic rings.